The van der Waals surface area contributed by atoms with E-state index in [0.717, 1.165) is 13.0 Å². The molecule has 0 radical (unpaired) electrons. The molecule has 0 N–H and O–H groups in total. The predicted molar refractivity (Wildman–Crippen MR) is 79.0 cm³/mol. The van der Waals surface area contributed by atoms with Gasteiger partial charge in [0.2, 0.25) is 0 Å². The average Bonchev–Trinajstić information content (AvgIpc) is 2.37. The lowest BCUT2D eigenvalue weighted by Gasteiger charge is -2.22. The van der Waals surface area contributed by atoms with Gasteiger partial charge in [0, 0.05) is 19.3 Å². The highest BCUT2D eigenvalue weighted by molar-refractivity contribution is 6.41. The molecule has 0 spiro atoms. The Bertz CT molecular complexity index is 438. The van der Waals surface area contributed by atoms with Crippen LogP contribution in [-0.4, -0.2) is 54.4 Å². The normalized spacial score (nSPS) is 10.8. The molecule has 1 rings (SSSR count). The highest BCUT2D eigenvalue weighted by atomic mass is 35.5. The third-order valence-corrected chi connectivity index (χ3v) is 3.43. The molecule has 1 aromatic heterocycles. The minimum absolute atomic E-state index is 0.0627. The van der Waals surface area contributed by atoms with Gasteiger partial charge in [0.25, 0.3) is 5.91 Å². The lowest BCUT2D eigenvalue weighted by molar-refractivity contribution is 0.0759. The molecule has 0 unspecified atom stereocenters. The summed E-state index contributed by atoms with van der Waals surface area (Å²) in [5.74, 6) is -0.0627. The van der Waals surface area contributed by atoms with Crippen LogP contribution in [0, 0.1) is 0 Å². The SMILES string of the molecule is CCN(CCCN(C)C)C(=O)c1cnc(Cl)c(Cl)c1. The highest BCUT2D eigenvalue weighted by Gasteiger charge is 2.15. The van der Waals surface area contributed by atoms with Crippen LogP contribution < -0.4 is 0 Å². The number of hydrogen-bond donors (Lipinski definition) is 0. The number of rotatable bonds is 6. The number of halogens is 2. The molecule has 106 valence electrons. The van der Waals surface area contributed by atoms with Crippen molar-refractivity contribution in [2.45, 2.75) is 13.3 Å². The van der Waals surface area contributed by atoms with Gasteiger partial charge in [-0.1, -0.05) is 23.2 Å². The van der Waals surface area contributed by atoms with Crippen LogP contribution in [0.2, 0.25) is 10.2 Å². The van der Waals surface area contributed by atoms with E-state index in [1.807, 2.05) is 21.0 Å². The molecule has 1 aromatic rings. The first-order valence-corrected chi connectivity index (χ1v) is 6.96. The molecular weight excluding hydrogens is 285 g/mol. The van der Waals surface area contributed by atoms with Crippen molar-refractivity contribution in [2.24, 2.45) is 0 Å². The lowest BCUT2D eigenvalue weighted by Crippen LogP contribution is -2.33. The van der Waals surface area contributed by atoms with E-state index >= 15 is 0 Å². The molecule has 0 bridgehead atoms. The maximum Gasteiger partial charge on any atom is 0.255 e. The maximum atomic E-state index is 12.3. The summed E-state index contributed by atoms with van der Waals surface area (Å²) in [4.78, 5) is 20.1. The van der Waals surface area contributed by atoms with Crippen molar-refractivity contribution in [3.05, 3.63) is 28.0 Å². The van der Waals surface area contributed by atoms with Gasteiger partial charge in [-0.25, -0.2) is 4.98 Å². The molecule has 19 heavy (non-hydrogen) atoms. The van der Waals surface area contributed by atoms with E-state index in [-0.39, 0.29) is 11.1 Å². The van der Waals surface area contributed by atoms with Crippen molar-refractivity contribution in [1.82, 2.24) is 14.8 Å². The van der Waals surface area contributed by atoms with E-state index in [1.165, 1.54) is 6.20 Å². The Morgan fingerprint density at radius 3 is 2.53 bits per heavy atom. The first kappa shape index (κ1) is 16.2. The van der Waals surface area contributed by atoms with E-state index < -0.39 is 0 Å². The highest BCUT2D eigenvalue weighted by Crippen LogP contribution is 2.20. The van der Waals surface area contributed by atoms with Gasteiger partial charge in [-0.05, 0) is 40.1 Å². The van der Waals surface area contributed by atoms with Crippen molar-refractivity contribution in [3.63, 3.8) is 0 Å². The van der Waals surface area contributed by atoms with Gasteiger partial charge in [0.1, 0.15) is 5.15 Å². The summed E-state index contributed by atoms with van der Waals surface area (Å²) in [5.41, 5.74) is 0.473. The third-order valence-electron chi connectivity index (χ3n) is 2.75. The zero-order chi connectivity index (χ0) is 14.4. The summed E-state index contributed by atoms with van der Waals surface area (Å²) >= 11 is 11.6. The third kappa shape index (κ3) is 4.97. The fourth-order valence-corrected chi connectivity index (χ4v) is 1.97. The number of aromatic nitrogens is 1. The summed E-state index contributed by atoms with van der Waals surface area (Å²) in [6, 6.07) is 1.56. The molecular formula is C13H19Cl2N3O. The Morgan fingerprint density at radius 1 is 1.32 bits per heavy atom. The summed E-state index contributed by atoms with van der Waals surface area (Å²) in [6.45, 7) is 4.28. The molecule has 1 heterocycles. The van der Waals surface area contributed by atoms with Crippen molar-refractivity contribution < 1.29 is 4.79 Å². The molecule has 0 saturated heterocycles. The van der Waals surface area contributed by atoms with Gasteiger partial charge in [-0.2, -0.15) is 0 Å². The van der Waals surface area contributed by atoms with Gasteiger partial charge in [0.05, 0.1) is 10.6 Å². The van der Waals surface area contributed by atoms with Crippen LogP contribution in [0.1, 0.15) is 23.7 Å². The van der Waals surface area contributed by atoms with Crippen LogP contribution >= 0.6 is 23.2 Å². The zero-order valence-corrected chi connectivity index (χ0v) is 13.0. The zero-order valence-electron chi connectivity index (χ0n) is 11.5. The second kappa shape index (κ2) is 7.68. The van der Waals surface area contributed by atoms with Crippen molar-refractivity contribution in [2.75, 3.05) is 33.7 Å². The van der Waals surface area contributed by atoms with Crippen molar-refractivity contribution in [1.29, 1.82) is 0 Å². The Hall–Kier alpha value is -0.840. The Balaban J connectivity index is 2.69. The van der Waals surface area contributed by atoms with Crippen LogP contribution in [0.15, 0.2) is 12.3 Å². The lowest BCUT2D eigenvalue weighted by atomic mass is 10.2. The quantitative estimate of drug-likeness (QED) is 0.758. The van der Waals surface area contributed by atoms with Crippen LogP contribution in [0.3, 0.4) is 0 Å². The monoisotopic (exact) mass is 303 g/mol. The number of carbonyl (C=O) groups is 1. The molecule has 0 aliphatic heterocycles. The maximum absolute atomic E-state index is 12.3. The first-order chi connectivity index (χ1) is 8.95. The standard InChI is InChI=1S/C13H19Cl2N3O/c1-4-18(7-5-6-17(2)3)13(19)10-8-11(14)12(15)16-9-10/h8-9H,4-7H2,1-3H3. The number of amides is 1. The molecule has 4 nitrogen and oxygen atoms in total. The van der Waals surface area contributed by atoms with Gasteiger partial charge in [-0.3, -0.25) is 4.79 Å². The van der Waals surface area contributed by atoms with Crippen LogP contribution in [0.25, 0.3) is 0 Å². The van der Waals surface area contributed by atoms with Gasteiger partial charge in [0.15, 0.2) is 0 Å². The van der Waals surface area contributed by atoms with E-state index in [9.17, 15) is 4.79 Å². The van der Waals surface area contributed by atoms with E-state index in [1.54, 1.807) is 11.0 Å². The second-order valence-corrected chi connectivity index (χ2v) is 5.30. The summed E-state index contributed by atoms with van der Waals surface area (Å²) in [5, 5.41) is 0.519. The Morgan fingerprint density at radius 2 is 2.00 bits per heavy atom. The first-order valence-electron chi connectivity index (χ1n) is 6.20. The summed E-state index contributed by atoms with van der Waals surface area (Å²) in [6.07, 6.45) is 2.40. The van der Waals surface area contributed by atoms with Crippen molar-refractivity contribution >= 4 is 29.1 Å². The Kier molecular flexibility index (Phi) is 6.55. The van der Waals surface area contributed by atoms with Crippen LogP contribution in [-0.2, 0) is 0 Å². The van der Waals surface area contributed by atoms with Crippen LogP contribution in [0.4, 0.5) is 0 Å². The predicted octanol–water partition coefficient (Wildman–Crippen LogP) is 2.80. The molecule has 0 aliphatic carbocycles. The minimum atomic E-state index is -0.0627. The van der Waals surface area contributed by atoms with E-state index in [0.29, 0.717) is 23.7 Å². The summed E-state index contributed by atoms with van der Waals surface area (Å²) < 4.78 is 0. The molecule has 0 atom stereocenters. The molecule has 0 aliphatic rings. The van der Waals surface area contributed by atoms with Gasteiger partial charge < -0.3 is 9.80 Å². The number of pyridine rings is 1. The van der Waals surface area contributed by atoms with Crippen molar-refractivity contribution in [3.8, 4) is 0 Å². The topological polar surface area (TPSA) is 36.4 Å². The average molecular weight is 304 g/mol. The van der Waals surface area contributed by atoms with Gasteiger partial charge >= 0.3 is 0 Å². The number of carbonyl (C=O) groups excluding carboxylic acids is 1. The second-order valence-electron chi connectivity index (χ2n) is 4.54. The van der Waals surface area contributed by atoms with E-state index in [2.05, 4.69) is 9.88 Å². The summed E-state index contributed by atoms with van der Waals surface area (Å²) in [7, 11) is 4.03. The Labute approximate surface area is 124 Å². The molecule has 0 aromatic carbocycles. The largest absolute Gasteiger partial charge is 0.339 e. The van der Waals surface area contributed by atoms with E-state index in [4.69, 9.17) is 23.2 Å². The fraction of sp³-hybridized carbons (Fsp3) is 0.538. The number of nitrogens with zero attached hydrogens (tertiary/aromatic N) is 3. The smallest absolute Gasteiger partial charge is 0.255 e. The van der Waals surface area contributed by atoms with Gasteiger partial charge in [-0.15, -0.1) is 0 Å². The molecule has 0 saturated carbocycles. The molecule has 6 heteroatoms. The molecule has 0 fully saturated rings. The molecule has 1 amide bonds. The number of hydrogen-bond acceptors (Lipinski definition) is 3. The minimum Gasteiger partial charge on any atom is -0.339 e. The van der Waals surface area contributed by atoms with Crippen LogP contribution in [0.5, 0.6) is 0 Å². The fourth-order valence-electron chi connectivity index (χ4n) is 1.70.